The fraction of sp³-hybridized carbons (Fsp3) is 0.417. The van der Waals surface area contributed by atoms with Crippen LogP contribution in [0.2, 0.25) is 0 Å². The van der Waals surface area contributed by atoms with Gasteiger partial charge in [-0.25, -0.2) is 0 Å². The highest BCUT2D eigenvalue weighted by Crippen LogP contribution is 2.27. The van der Waals surface area contributed by atoms with Gasteiger partial charge in [0.25, 0.3) is 11.8 Å². The van der Waals surface area contributed by atoms with Crippen LogP contribution in [0.4, 0.5) is 5.69 Å². The van der Waals surface area contributed by atoms with Crippen LogP contribution < -0.4 is 10.1 Å². The Morgan fingerprint density at radius 2 is 1.87 bits per heavy atom. The summed E-state index contributed by atoms with van der Waals surface area (Å²) in [5, 5.41) is 2.87. The third-order valence-electron chi connectivity index (χ3n) is 5.12. The van der Waals surface area contributed by atoms with Gasteiger partial charge >= 0.3 is 0 Å². The van der Waals surface area contributed by atoms with Crippen LogP contribution in [0, 0.1) is 0 Å². The van der Waals surface area contributed by atoms with Gasteiger partial charge in [-0.3, -0.25) is 9.59 Å². The minimum atomic E-state index is -0.244. The first kappa shape index (κ1) is 23.3. The highest BCUT2D eigenvalue weighted by atomic mass is 79.9. The molecule has 1 aliphatic rings. The molecule has 1 aliphatic heterocycles. The number of hydrogen-bond acceptors (Lipinski definition) is 4. The quantitative estimate of drug-likeness (QED) is 0.496. The molecule has 1 N–H and O–H groups in total. The number of anilines is 1. The van der Waals surface area contributed by atoms with Crippen LogP contribution in [0.3, 0.4) is 0 Å². The van der Waals surface area contributed by atoms with E-state index in [2.05, 4.69) is 28.2 Å². The topological polar surface area (TPSA) is 67.9 Å². The van der Waals surface area contributed by atoms with E-state index < -0.39 is 0 Å². The number of halogens is 1. The van der Waals surface area contributed by atoms with Crippen molar-refractivity contribution in [3.63, 3.8) is 0 Å². The number of ether oxygens (including phenoxy) is 2. The molecule has 31 heavy (non-hydrogen) atoms. The zero-order chi connectivity index (χ0) is 22.1. The number of nitrogens with zero attached hydrogens (tertiary/aromatic N) is 1. The fourth-order valence-electron chi connectivity index (χ4n) is 3.35. The van der Waals surface area contributed by atoms with Crippen LogP contribution in [0.15, 0.2) is 46.9 Å². The summed E-state index contributed by atoms with van der Waals surface area (Å²) in [6.45, 7) is 5.10. The Labute approximate surface area is 192 Å². The average Bonchev–Trinajstić information content (AvgIpc) is 2.80. The number of amides is 2. The van der Waals surface area contributed by atoms with Gasteiger partial charge in [-0.2, -0.15) is 0 Å². The predicted molar refractivity (Wildman–Crippen MR) is 125 cm³/mol. The van der Waals surface area contributed by atoms with Gasteiger partial charge in [-0.1, -0.05) is 32.3 Å². The minimum absolute atomic E-state index is 0.0532. The lowest BCUT2D eigenvalue weighted by molar-refractivity contribution is 0.0303. The zero-order valence-corrected chi connectivity index (χ0v) is 19.4. The zero-order valence-electron chi connectivity index (χ0n) is 17.9. The molecular weight excluding hydrogens is 460 g/mol. The van der Waals surface area contributed by atoms with Gasteiger partial charge in [-0.15, -0.1) is 0 Å². The maximum Gasteiger partial charge on any atom is 0.255 e. The van der Waals surface area contributed by atoms with Crippen molar-refractivity contribution in [3.8, 4) is 5.75 Å². The molecule has 0 aliphatic carbocycles. The van der Waals surface area contributed by atoms with Gasteiger partial charge in [0.05, 0.1) is 24.3 Å². The van der Waals surface area contributed by atoms with Gasteiger partial charge in [0.2, 0.25) is 0 Å². The molecule has 7 heteroatoms. The van der Waals surface area contributed by atoms with Crippen molar-refractivity contribution in [2.24, 2.45) is 0 Å². The third-order valence-corrected chi connectivity index (χ3v) is 5.73. The van der Waals surface area contributed by atoms with E-state index in [4.69, 9.17) is 9.47 Å². The molecule has 0 saturated carbocycles. The second-order valence-electron chi connectivity index (χ2n) is 7.49. The Balaban J connectivity index is 1.59. The summed E-state index contributed by atoms with van der Waals surface area (Å²) in [5.74, 6) is 0.430. The summed E-state index contributed by atoms with van der Waals surface area (Å²) in [5.41, 5.74) is 1.64. The molecule has 0 atom stereocenters. The van der Waals surface area contributed by atoms with E-state index in [-0.39, 0.29) is 11.8 Å². The first-order valence-electron chi connectivity index (χ1n) is 10.8. The smallest absolute Gasteiger partial charge is 0.255 e. The van der Waals surface area contributed by atoms with Crippen molar-refractivity contribution < 1.29 is 19.1 Å². The Hall–Kier alpha value is -2.38. The molecule has 0 aromatic heterocycles. The van der Waals surface area contributed by atoms with E-state index >= 15 is 0 Å². The molecule has 0 unspecified atom stereocenters. The van der Waals surface area contributed by atoms with Crippen molar-refractivity contribution in [1.29, 1.82) is 0 Å². The van der Waals surface area contributed by atoms with Crippen LogP contribution in [-0.4, -0.2) is 49.6 Å². The minimum Gasteiger partial charge on any atom is -0.492 e. The molecule has 0 bridgehead atoms. The van der Waals surface area contributed by atoms with Crippen molar-refractivity contribution in [2.45, 2.75) is 32.6 Å². The van der Waals surface area contributed by atoms with Gasteiger partial charge < -0.3 is 19.7 Å². The number of unbranched alkanes of at least 4 members (excludes halogenated alkanes) is 3. The second kappa shape index (κ2) is 11.9. The SMILES string of the molecule is CCCCCCOc1ccc(C(=O)Nc2cccc(C(=O)N3CCOCC3)c2)cc1Br. The largest absolute Gasteiger partial charge is 0.492 e. The van der Waals surface area contributed by atoms with Gasteiger partial charge in [0.15, 0.2) is 0 Å². The highest BCUT2D eigenvalue weighted by Gasteiger charge is 2.19. The van der Waals surface area contributed by atoms with E-state index in [0.29, 0.717) is 49.7 Å². The van der Waals surface area contributed by atoms with Crippen molar-refractivity contribution in [3.05, 3.63) is 58.1 Å². The van der Waals surface area contributed by atoms with Gasteiger partial charge in [0.1, 0.15) is 5.75 Å². The van der Waals surface area contributed by atoms with E-state index in [1.165, 1.54) is 12.8 Å². The number of carbonyl (C=O) groups excluding carboxylic acids is 2. The van der Waals surface area contributed by atoms with Crippen LogP contribution in [0.5, 0.6) is 5.75 Å². The number of benzene rings is 2. The molecule has 1 saturated heterocycles. The van der Waals surface area contributed by atoms with Gasteiger partial charge in [-0.05, 0) is 58.7 Å². The van der Waals surface area contributed by atoms with Gasteiger partial charge in [0, 0.05) is 29.9 Å². The lowest BCUT2D eigenvalue weighted by Gasteiger charge is -2.27. The van der Waals surface area contributed by atoms with E-state index in [0.717, 1.165) is 23.1 Å². The lowest BCUT2D eigenvalue weighted by atomic mass is 10.1. The molecule has 0 spiro atoms. The lowest BCUT2D eigenvalue weighted by Crippen LogP contribution is -2.40. The van der Waals surface area contributed by atoms with Crippen LogP contribution in [0.25, 0.3) is 0 Å². The second-order valence-corrected chi connectivity index (χ2v) is 8.35. The maximum absolute atomic E-state index is 12.7. The van der Waals surface area contributed by atoms with E-state index in [9.17, 15) is 9.59 Å². The molecular formula is C24H29BrN2O4. The maximum atomic E-state index is 12.7. The van der Waals surface area contributed by atoms with Crippen LogP contribution in [0.1, 0.15) is 53.3 Å². The summed E-state index contributed by atoms with van der Waals surface area (Å²) >= 11 is 3.49. The Morgan fingerprint density at radius 3 is 2.61 bits per heavy atom. The van der Waals surface area contributed by atoms with E-state index in [1.54, 1.807) is 47.4 Å². The fourth-order valence-corrected chi connectivity index (χ4v) is 3.85. The monoisotopic (exact) mass is 488 g/mol. The number of carbonyl (C=O) groups is 2. The summed E-state index contributed by atoms with van der Waals surface area (Å²) < 4.78 is 11.9. The molecule has 6 nitrogen and oxygen atoms in total. The van der Waals surface area contributed by atoms with Crippen molar-refractivity contribution in [2.75, 3.05) is 38.2 Å². The standard InChI is InChI=1S/C24H29BrN2O4/c1-2-3-4-5-13-31-22-10-9-18(17-21(22)25)23(28)26-20-8-6-7-19(16-20)24(29)27-11-14-30-15-12-27/h6-10,16-17H,2-5,11-15H2,1H3,(H,26,28). The van der Waals surface area contributed by atoms with E-state index in [1.807, 2.05) is 0 Å². The normalized spacial score (nSPS) is 13.7. The van der Waals surface area contributed by atoms with Crippen molar-refractivity contribution in [1.82, 2.24) is 4.90 Å². The molecule has 2 aromatic carbocycles. The molecule has 2 aromatic rings. The summed E-state index contributed by atoms with van der Waals surface area (Å²) in [4.78, 5) is 27.1. The first-order valence-corrected chi connectivity index (χ1v) is 11.6. The van der Waals surface area contributed by atoms with Crippen LogP contribution >= 0.6 is 15.9 Å². The van der Waals surface area contributed by atoms with Crippen LogP contribution in [-0.2, 0) is 4.74 Å². The average molecular weight is 489 g/mol. The Morgan fingerprint density at radius 1 is 1.06 bits per heavy atom. The summed E-state index contributed by atoms with van der Waals surface area (Å²) in [6, 6.07) is 12.3. The number of hydrogen-bond donors (Lipinski definition) is 1. The molecule has 1 heterocycles. The van der Waals surface area contributed by atoms with Crippen molar-refractivity contribution >= 4 is 33.4 Å². The molecule has 0 radical (unpaired) electrons. The third kappa shape index (κ3) is 6.80. The molecule has 166 valence electrons. The Bertz CT molecular complexity index is 897. The first-order chi connectivity index (χ1) is 15.1. The summed E-state index contributed by atoms with van der Waals surface area (Å²) in [6.07, 6.45) is 4.57. The molecule has 2 amide bonds. The molecule has 3 rings (SSSR count). The number of morpholine rings is 1. The Kier molecular flexibility index (Phi) is 8.91. The number of rotatable bonds is 9. The summed E-state index contributed by atoms with van der Waals surface area (Å²) in [7, 11) is 0. The molecule has 1 fully saturated rings. The number of nitrogens with one attached hydrogen (secondary N) is 1. The highest BCUT2D eigenvalue weighted by molar-refractivity contribution is 9.10. The predicted octanol–water partition coefficient (Wildman–Crippen LogP) is 5.13.